The lowest BCUT2D eigenvalue weighted by Crippen LogP contribution is -2.42. The van der Waals surface area contributed by atoms with E-state index in [1.807, 2.05) is 50.5 Å². The largest absolute Gasteiger partial charge is 0.507 e. The number of benzene rings is 2. The highest BCUT2D eigenvalue weighted by atomic mass is 16.5. The summed E-state index contributed by atoms with van der Waals surface area (Å²) in [5.74, 6) is 1.32. The summed E-state index contributed by atoms with van der Waals surface area (Å²) in [5, 5.41) is 25.2. The van der Waals surface area contributed by atoms with E-state index in [0.717, 1.165) is 46.6 Å². The van der Waals surface area contributed by atoms with Crippen LogP contribution in [0.1, 0.15) is 18.5 Å². The average molecular weight is 415 g/mol. The highest BCUT2D eigenvalue weighted by Gasteiger charge is 2.26. The highest BCUT2D eigenvalue weighted by molar-refractivity contribution is 5.94. The molecule has 0 unspecified atom stereocenters. The van der Waals surface area contributed by atoms with Crippen LogP contribution in [0.15, 0.2) is 48.7 Å². The van der Waals surface area contributed by atoms with Crippen molar-refractivity contribution in [1.82, 2.24) is 24.9 Å². The third-order valence-corrected chi connectivity index (χ3v) is 5.77. The fraction of sp³-hybridized carbons (Fsp3) is 0.292. The van der Waals surface area contributed by atoms with Gasteiger partial charge in [0.2, 0.25) is 0 Å². The van der Waals surface area contributed by atoms with Gasteiger partial charge >= 0.3 is 0 Å². The predicted octanol–water partition coefficient (Wildman–Crippen LogP) is 3.83. The van der Waals surface area contributed by atoms with E-state index >= 15 is 0 Å². The Labute approximate surface area is 180 Å². The maximum Gasteiger partial charge on any atom is 0.147 e. The lowest BCUT2D eigenvalue weighted by molar-refractivity contribution is 0.186. The third kappa shape index (κ3) is 3.51. The first-order valence-electron chi connectivity index (χ1n) is 10.5. The molecule has 31 heavy (non-hydrogen) atoms. The van der Waals surface area contributed by atoms with Crippen molar-refractivity contribution >= 4 is 10.9 Å². The summed E-state index contributed by atoms with van der Waals surface area (Å²) in [5.41, 5.74) is 4.93. The molecular formula is C24H25N5O2. The van der Waals surface area contributed by atoms with Gasteiger partial charge in [-0.05, 0) is 55.4 Å². The Kier molecular flexibility index (Phi) is 4.82. The normalized spacial score (nSPS) is 14.7. The molecule has 1 aliphatic rings. The van der Waals surface area contributed by atoms with Crippen molar-refractivity contribution in [3.63, 3.8) is 0 Å². The topological polar surface area (TPSA) is 76.3 Å². The number of fused-ring (bicyclic) bond motifs is 1. The van der Waals surface area contributed by atoms with Crippen LogP contribution < -0.4 is 4.74 Å². The van der Waals surface area contributed by atoms with Crippen LogP contribution in [0, 0.1) is 0 Å². The van der Waals surface area contributed by atoms with E-state index in [-0.39, 0.29) is 5.75 Å². The van der Waals surface area contributed by atoms with E-state index in [1.54, 1.807) is 10.7 Å². The third-order valence-electron chi connectivity index (χ3n) is 5.77. The molecule has 1 aliphatic heterocycles. The zero-order valence-corrected chi connectivity index (χ0v) is 17.9. The summed E-state index contributed by atoms with van der Waals surface area (Å²) in [4.78, 5) is 2.26. The number of nitrogens with zero attached hydrogens (tertiary/aromatic N) is 5. The molecular weight excluding hydrogens is 390 g/mol. The van der Waals surface area contributed by atoms with Gasteiger partial charge in [-0.1, -0.05) is 12.1 Å². The molecule has 2 aromatic carbocycles. The summed E-state index contributed by atoms with van der Waals surface area (Å²) in [6.45, 7) is 4.51. The molecule has 1 N–H and O–H groups in total. The average Bonchev–Trinajstić information content (AvgIpc) is 3.12. The SMILES string of the molecule is CCOc1cc(-c2cccc(O)c2-c2ccc(C3CN(C)C3)nn2)cc2cn(C)nc12. The number of phenols is 1. The van der Waals surface area contributed by atoms with Gasteiger partial charge in [0.1, 0.15) is 17.0 Å². The van der Waals surface area contributed by atoms with Crippen LogP contribution in [0.4, 0.5) is 0 Å². The number of phenolic OH excluding ortho intramolecular Hbond substituents is 1. The number of aromatic hydroxyl groups is 1. The smallest absolute Gasteiger partial charge is 0.147 e. The summed E-state index contributed by atoms with van der Waals surface area (Å²) in [7, 11) is 3.99. The Morgan fingerprint density at radius 2 is 1.94 bits per heavy atom. The van der Waals surface area contributed by atoms with Gasteiger partial charge in [-0.2, -0.15) is 15.3 Å². The second-order valence-corrected chi connectivity index (χ2v) is 8.11. The quantitative estimate of drug-likeness (QED) is 0.534. The molecule has 0 bridgehead atoms. The standard InChI is InChI=1S/C24H25N5O2/c1-4-31-22-11-15(10-16-14-29(3)27-24(16)22)18-6-5-7-21(30)23(18)20-9-8-19(25-26-20)17-12-28(2)13-17/h5-11,14,17,30H,4,12-13H2,1-3H3. The van der Waals surface area contributed by atoms with Gasteiger partial charge in [-0.25, -0.2) is 0 Å². The van der Waals surface area contributed by atoms with Crippen LogP contribution in [0.2, 0.25) is 0 Å². The van der Waals surface area contributed by atoms with Gasteiger partial charge in [-0.15, -0.1) is 0 Å². The van der Waals surface area contributed by atoms with Crippen molar-refractivity contribution in [1.29, 1.82) is 0 Å². The van der Waals surface area contributed by atoms with Crippen LogP contribution in [-0.4, -0.2) is 56.7 Å². The van der Waals surface area contributed by atoms with E-state index in [2.05, 4.69) is 33.3 Å². The van der Waals surface area contributed by atoms with Gasteiger partial charge in [-0.3, -0.25) is 4.68 Å². The number of aryl methyl sites for hydroxylation is 1. The Morgan fingerprint density at radius 1 is 1.10 bits per heavy atom. The first kappa shape index (κ1) is 19.5. The lowest BCUT2D eigenvalue weighted by Gasteiger charge is -2.35. The minimum Gasteiger partial charge on any atom is -0.507 e. The lowest BCUT2D eigenvalue weighted by atomic mass is 9.94. The van der Waals surface area contributed by atoms with Crippen molar-refractivity contribution in [2.24, 2.45) is 7.05 Å². The molecule has 7 heteroatoms. The number of hydrogen-bond acceptors (Lipinski definition) is 6. The molecule has 158 valence electrons. The molecule has 7 nitrogen and oxygen atoms in total. The number of hydrogen-bond donors (Lipinski definition) is 1. The summed E-state index contributed by atoms with van der Waals surface area (Å²) in [6, 6.07) is 13.5. The van der Waals surface area contributed by atoms with Crippen LogP contribution in [-0.2, 0) is 7.05 Å². The zero-order valence-electron chi connectivity index (χ0n) is 17.9. The first-order valence-corrected chi connectivity index (χ1v) is 10.5. The maximum absolute atomic E-state index is 10.7. The molecule has 3 heterocycles. The molecule has 0 amide bonds. The monoisotopic (exact) mass is 415 g/mol. The maximum atomic E-state index is 10.7. The molecule has 0 aliphatic carbocycles. The highest BCUT2D eigenvalue weighted by Crippen LogP contribution is 2.40. The van der Waals surface area contributed by atoms with Crippen LogP contribution in [0.3, 0.4) is 0 Å². The van der Waals surface area contributed by atoms with Gasteiger partial charge in [0.05, 0.1) is 23.6 Å². The molecule has 5 rings (SSSR count). The molecule has 0 atom stereocenters. The summed E-state index contributed by atoms with van der Waals surface area (Å²) in [6.07, 6.45) is 1.97. The Bertz CT molecular complexity index is 1240. The molecule has 2 aromatic heterocycles. The van der Waals surface area contributed by atoms with Crippen molar-refractivity contribution < 1.29 is 9.84 Å². The number of aromatic nitrogens is 4. The fourth-order valence-electron chi connectivity index (χ4n) is 4.27. The number of likely N-dealkylation sites (tertiary alicyclic amines) is 1. The predicted molar refractivity (Wildman–Crippen MR) is 120 cm³/mol. The van der Waals surface area contributed by atoms with Crippen molar-refractivity contribution in [3.05, 3.63) is 54.4 Å². The number of likely N-dealkylation sites (N-methyl/N-ethyl adjacent to an activating group) is 1. The van der Waals surface area contributed by atoms with Gasteiger partial charge in [0, 0.05) is 37.6 Å². The molecule has 4 aromatic rings. The minimum atomic E-state index is 0.173. The van der Waals surface area contributed by atoms with Crippen molar-refractivity contribution in [3.8, 4) is 33.9 Å². The second-order valence-electron chi connectivity index (χ2n) is 8.11. The Morgan fingerprint density at radius 3 is 2.65 bits per heavy atom. The van der Waals surface area contributed by atoms with E-state index in [0.29, 0.717) is 23.8 Å². The van der Waals surface area contributed by atoms with E-state index in [4.69, 9.17) is 4.74 Å². The van der Waals surface area contributed by atoms with Crippen LogP contribution >= 0.6 is 0 Å². The molecule has 0 saturated carbocycles. The Balaban J connectivity index is 1.61. The fourth-order valence-corrected chi connectivity index (χ4v) is 4.27. The molecule has 0 spiro atoms. The van der Waals surface area contributed by atoms with Crippen LogP contribution in [0.5, 0.6) is 11.5 Å². The van der Waals surface area contributed by atoms with E-state index in [1.165, 1.54) is 0 Å². The van der Waals surface area contributed by atoms with Gasteiger partial charge < -0.3 is 14.7 Å². The molecule has 1 fully saturated rings. The Hall–Kier alpha value is -3.45. The minimum absolute atomic E-state index is 0.173. The number of ether oxygens (including phenoxy) is 1. The summed E-state index contributed by atoms with van der Waals surface area (Å²) < 4.78 is 7.65. The van der Waals surface area contributed by atoms with Gasteiger partial charge in [0.25, 0.3) is 0 Å². The molecule has 1 saturated heterocycles. The zero-order chi connectivity index (χ0) is 21.5. The second kappa shape index (κ2) is 7.67. The van der Waals surface area contributed by atoms with Gasteiger partial charge in [0.15, 0.2) is 0 Å². The van der Waals surface area contributed by atoms with E-state index in [9.17, 15) is 5.11 Å². The van der Waals surface area contributed by atoms with E-state index < -0.39 is 0 Å². The van der Waals surface area contributed by atoms with Crippen molar-refractivity contribution in [2.75, 3.05) is 26.7 Å². The first-order chi connectivity index (χ1) is 15.0. The number of rotatable bonds is 5. The summed E-state index contributed by atoms with van der Waals surface area (Å²) >= 11 is 0. The van der Waals surface area contributed by atoms with Crippen LogP contribution in [0.25, 0.3) is 33.3 Å². The van der Waals surface area contributed by atoms with Crippen molar-refractivity contribution in [2.45, 2.75) is 12.8 Å². The molecule has 0 radical (unpaired) electrons.